The van der Waals surface area contributed by atoms with E-state index in [-0.39, 0.29) is 6.04 Å². The van der Waals surface area contributed by atoms with Crippen LogP contribution in [-0.4, -0.2) is 28.8 Å². The number of allylic oxidation sites excluding steroid dienone is 1. The number of hydrogen-bond acceptors (Lipinski definition) is 1. The number of rotatable bonds is 0. The van der Waals surface area contributed by atoms with Crippen molar-refractivity contribution in [3.8, 4) is 0 Å². The first-order valence-corrected chi connectivity index (χ1v) is 9.45. The Morgan fingerprint density at radius 1 is 0.885 bits per heavy atom. The SMILES string of the molecule is In1n2/c3ccc2cc2ccc(cc4cc/c(n41)=C/C1C=CC(=N1)/C=3)[nH]2. The summed E-state index contributed by atoms with van der Waals surface area (Å²) in [5.41, 5.74) is 5.39. The number of nitrogens with zero attached hydrogens (tertiary/aromatic N) is 4. The van der Waals surface area contributed by atoms with Crippen LogP contribution in [0.2, 0.25) is 0 Å². The highest BCUT2D eigenvalue weighted by molar-refractivity contribution is 14.1. The van der Waals surface area contributed by atoms with Gasteiger partial charge in [-0.05, 0) is 66.8 Å². The molecule has 0 aliphatic carbocycles. The summed E-state index contributed by atoms with van der Waals surface area (Å²) in [6, 6.07) is 17.2. The smallest absolute Gasteiger partial charge is 0.107 e. The molecule has 0 fully saturated rings. The number of nitrogens with one attached hydrogen (secondary N) is 1. The molecule has 0 amide bonds. The third kappa shape index (κ3) is 2.05. The fourth-order valence-corrected chi connectivity index (χ4v) is 4.72. The fraction of sp³-hybridized carbons (Fsp3) is 0.0500. The van der Waals surface area contributed by atoms with E-state index >= 15 is 0 Å². The van der Waals surface area contributed by atoms with Gasteiger partial charge in [-0.2, -0.15) is 3.01 Å². The van der Waals surface area contributed by atoms with Crippen molar-refractivity contribution in [3.05, 3.63) is 71.4 Å². The molecule has 2 aliphatic rings. The highest BCUT2D eigenvalue weighted by Gasteiger charge is 2.10. The van der Waals surface area contributed by atoms with Gasteiger partial charge in [0.15, 0.2) is 0 Å². The zero-order valence-electron chi connectivity index (χ0n) is 13.7. The molecule has 6 rings (SSSR count). The van der Waals surface area contributed by atoms with Crippen LogP contribution in [0.15, 0.2) is 65.7 Å². The predicted molar refractivity (Wildman–Crippen MR) is 114 cm³/mol. The molecular formula is C20H14IN5. The van der Waals surface area contributed by atoms with Gasteiger partial charge in [0.05, 0.1) is 33.5 Å². The van der Waals surface area contributed by atoms with Crippen molar-refractivity contribution in [3.63, 3.8) is 0 Å². The summed E-state index contributed by atoms with van der Waals surface area (Å²) >= 11 is 2.37. The number of hydrogen-bond donors (Lipinski definition) is 1. The monoisotopic (exact) mass is 451 g/mol. The summed E-state index contributed by atoms with van der Waals surface area (Å²) in [4.78, 5) is 8.29. The van der Waals surface area contributed by atoms with Crippen LogP contribution in [-0.2, 0) is 0 Å². The van der Waals surface area contributed by atoms with Crippen LogP contribution in [0.5, 0.6) is 0 Å². The second-order valence-electron chi connectivity index (χ2n) is 6.60. The minimum absolute atomic E-state index is 0.0742. The molecule has 0 saturated heterocycles. The first-order valence-electron chi connectivity index (χ1n) is 8.49. The number of aromatic nitrogens is 4. The molecule has 1 atom stereocenters. The molecule has 26 heavy (non-hydrogen) atoms. The number of halogens is 1. The van der Waals surface area contributed by atoms with Gasteiger partial charge in [-0.25, -0.2) is 9.03 Å². The molecule has 6 bridgehead atoms. The number of aliphatic imine (C=N–C) groups is 1. The van der Waals surface area contributed by atoms with Crippen LogP contribution in [0.3, 0.4) is 0 Å². The van der Waals surface area contributed by atoms with Gasteiger partial charge >= 0.3 is 0 Å². The quantitative estimate of drug-likeness (QED) is 0.400. The number of H-pyrrole nitrogens is 1. The molecule has 0 aromatic carbocycles. The van der Waals surface area contributed by atoms with Crippen LogP contribution in [0, 0.1) is 0 Å². The Morgan fingerprint density at radius 2 is 1.58 bits per heavy atom. The van der Waals surface area contributed by atoms with Crippen molar-refractivity contribution in [1.29, 1.82) is 0 Å². The number of aromatic amines is 1. The van der Waals surface area contributed by atoms with Gasteiger partial charge in [-0.15, -0.1) is 0 Å². The third-order valence-electron chi connectivity index (χ3n) is 4.90. The first-order chi connectivity index (χ1) is 12.7. The number of fused-ring (bicyclic) bond motifs is 3. The summed E-state index contributed by atoms with van der Waals surface area (Å²) in [5, 5.41) is 2.21. The molecule has 1 N–H and O–H groups in total. The largest absolute Gasteiger partial charge is 0.355 e. The van der Waals surface area contributed by atoms with E-state index in [9.17, 15) is 0 Å². The second kappa shape index (κ2) is 5.14. The molecule has 2 aliphatic heterocycles. The summed E-state index contributed by atoms with van der Waals surface area (Å²) in [7, 11) is 0. The van der Waals surface area contributed by atoms with Gasteiger partial charge in [0, 0.05) is 11.0 Å². The van der Waals surface area contributed by atoms with Gasteiger partial charge in [-0.3, -0.25) is 4.99 Å². The normalized spacial score (nSPS) is 20.3. The molecule has 0 spiro atoms. The Morgan fingerprint density at radius 3 is 2.35 bits per heavy atom. The standard InChI is InChI=1S/C20H14IN5/c21-26-24-17-5-6-19(24)11-15-3-4-16(23-15)12-20-8-7-18(25(20)26)10-14-2-1-13(9-17)22-14/h1-13,23H/b17-9-,18-10-,19-11?,20-12?. The van der Waals surface area contributed by atoms with Gasteiger partial charge in [0.1, 0.15) is 22.9 Å². The minimum Gasteiger partial charge on any atom is -0.355 e. The van der Waals surface area contributed by atoms with Crippen molar-refractivity contribution < 1.29 is 0 Å². The lowest BCUT2D eigenvalue weighted by Gasteiger charge is -2.07. The lowest BCUT2D eigenvalue weighted by atomic mass is 10.3. The maximum Gasteiger partial charge on any atom is 0.107 e. The van der Waals surface area contributed by atoms with E-state index in [0.717, 1.165) is 38.5 Å². The first kappa shape index (κ1) is 14.4. The Labute approximate surface area is 162 Å². The third-order valence-corrected chi connectivity index (χ3v) is 5.76. The summed E-state index contributed by atoms with van der Waals surface area (Å²) in [6.45, 7) is 0. The van der Waals surface area contributed by atoms with E-state index in [1.807, 2.05) is 0 Å². The molecule has 126 valence electrons. The van der Waals surface area contributed by atoms with Crippen LogP contribution in [0.1, 0.15) is 0 Å². The Balaban J connectivity index is 2.01. The van der Waals surface area contributed by atoms with E-state index < -0.39 is 0 Å². The minimum atomic E-state index is 0.0742. The average molecular weight is 451 g/mol. The van der Waals surface area contributed by atoms with Crippen molar-refractivity contribution >= 4 is 62.8 Å². The second-order valence-corrected chi connectivity index (χ2v) is 7.47. The Kier molecular flexibility index (Phi) is 2.85. The zero-order chi connectivity index (χ0) is 17.3. The highest BCUT2D eigenvalue weighted by atomic mass is 127. The molecule has 4 aromatic heterocycles. The lowest BCUT2D eigenvalue weighted by Crippen LogP contribution is -2.25. The molecule has 6 heteroatoms. The van der Waals surface area contributed by atoms with Crippen molar-refractivity contribution in [2.45, 2.75) is 6.04 Å². The molecule has 5 nitrogen and oxygen atoms in total. The molecule has 0 radical (unpaired) electrons. The molecular weight excluding hydrogens is 437 g/mol. The van der Waals surface area contributed by atoms with E-state index in [1.54, 1.807) is 0 Å². The maximum absolute atomic E-state index is 4.81. The summed E-state index contributed by atoms with van der Waals surface area (Å²) in [5.74, 6) is 0. The van der Waals surface area contributed by atoms with Crippen LogP contribution >= 0.6 is 22.9 Å². The summed E-state index contributed by atoms with van der Waals surface area (Å²) in [6.07, 6.45) is 8.58. The fourth-order valence-electron chi connectivity index (χ4n) is 3.72. The van der Waals surface area contributed by atoms with Gasteiger partial charge < -0.3 is 4.98 Å². The van der Waals surface area contributed by atoms with E-state index in [1.165, 1.54) is 0 Å². The van der Waals surface area contributed by atoms with Gasteiger partial charge in [0.2, 0.25) is 0 Å². The zero-order valence-corrected chi connectivity index (χ0v) is 15.8. The maximum atomic E-state index is 4.81. The Hall–Kier alpha value is -2.74. The van der Waals surface area contributed by atoms with Gasteiger partial charge in [0.25, 0.3) is 0 Å². The molecule has 0 saturated carbocycles. The Bertz CT molecular complexity index is 1450. The molecule has 1 unspecified atom stereocenters. The van der Waals surface area contributed by atoms with Crippen molar-refractivity contribution in [1.82, 2.24) is 17.0 Å². The average Bonchev–Trinajstić information content (AvgIpc) is 3.38. The van der Waals surface area contributed by atoms with Gasteiger partial charge in [-0.1, -0.05) is 6.08 Å². The predicted octanol–water partition coefficient (Wildman–Crippen LogP) is 2.75. The van der Waals surface area contributed by atoms with Crippen LogP contribution in [0.25, 0.3) is 34.2 Å². The van der Waals surface area contributed by atoms with Crippen molar-refractivity contribution in [2.24, 2.45) is 4.99 Å². The van der Waals surface area contributed by atoms with E-state index in [4.69, 9.17) is 4.99 Å². The van der Waals surface area contributed by atoms with E-state index in [2.05, 4.69) is 113 Å². The van der Waals surface area contributed by atoms with E-state index in [0.29, 0.717) is 0 Å². The summed E-state index contributed by atoms with van der Waals surface area (Å²) < 4.78 is 6.56. The molecule has 6 heterocycles. The highest BCUT2D eigenvalue weighted by Crippen LogP contribution is 2.13. The topological polar surface area (TPSA) is 41.9 Å². The lowest BCUT2D eigenvalue weighted by molar-refractivity contribution is 0.718. The molecule has 4 aromatic rings. The van der Waals surface area contributed by atoms with Crippen LogP contribution < -0.4 is 10.7 Å². The van der Waals surface area contributed by atoms with Crippen LogP contribution in [0.4, 0.5) is 0 Å². The van der Waals surface area contributed by atoms with Crippen molar-refractivity contribution in [2.75, 3.05) is 0 Å².